The highest BCUT2D eigenvalue weighted by Crippen LogP contribution is 2.28. The van der Waals surface area contributed by atoms with Crippen LogP contribution in [-0.4, -0.2) is 48.3 Å². The summed E-state index contributed by atoms with van der Waals surface area (Å²) < 4.78 is 5.91. The minimum absolute atomic E-state index is 0.0416. The number of aliphatic hydroxyl groups excluding tert-OH is 1. The van der Waals surface area contributed by atoms with Crippen LogP contribution in [0.1, 0.15) is 48.2 Å². The molecular formula is C31H37N3O4. The zero-order chi connectivity index (χ0) is 26.9. The van der Waals surface area contributed by atoms with E-state index in [0.717, 1.165) is 17.5 Å². The highest BCUT2D eigenvalue weighted by molar-refractivity contribution is 5.99. The van der Waals surface area contributed by atoms with Crippen molar-refractivity contribution >= 4 is 17.5 Å². The van der Waals surface area contributed by atoms with Crippen LogP contribution in [0.15, 0.2) is 78.9 Å². The third-order valence-corrected chi connectivity index (χ3v) is 6.52. The molecule has 0 aromatic heterocycles. The van der Waals surface area contributed by atoms with Gasteiger partial charge in [-0.15, -0.1) is 0 Å². The lowest BCUT2D eigenvalue weighted by molar-refractivity contribution is -0.117. The summed E-state index contributed by atoms with van der Waals surface area (Å²) in [5, 5.41) is 17.5. The van der Waals surface area contributed by atoms with Crippen LogP contribution >= 0.6 is 0 Å². The van der Waals surface area contributed by atoms with Crippen molar-refractivity contribution in [1.29, 1.82) is 0 Å². The number of anilines is 1. The maximum Gasteiger partial charge on any atom is 0.251 e. The Bertz CT molecular complexity index is 1200. The van der Waals surface area contributed by atoms with E-state index in [2.05, 4.69) is 10.6 Å². The van der Waals surface area contributed by atoms with Gasteiger partial charge in [0.25, 0.3) is 5.91 Å². The molecule has 0 spiro atoms. The van der Waals surface area contributed by atoms with Crippen LogP contribution in [0.2, 0.25) is 0 Å². The second kappa shape index (κ2) is 13.2. The Balaban J connectivity index is 1.52. The molecule has 1 heterocycles. The Morgan fingerprint density at radius 2 is 1.68 bits per heavy atom. The Morgan fingerprint density at radius 1 is 1.00 bits per heavy atom. The van der Waals surface area contributed by atoms with Gasteiger partial charge < -0.3 is 25.4 Å². The molecule has 3 aromatic rings. The molecule has 4 rings (SSSR count). The van der Waals surface area contributed by atoms with Gasteiger partial charge in [0.15, 0.2) is 0 Å². The molecule has 1 saturated heterocycles. The molecule has 2 atom stereocenters. The monoisotopic (exact) mass is 515 g/mol. The molecule has 2 amide bonds. The van der Waals surface area contributed by atoms with Crippen LogP contribution in [0.25, 0.3) is 0 Å². The molecule has 38 heavy (non-hydrogen) atoms. The Morgan fingerprint density at radius 3 is 2.32 bits per heavy atom. The standard InChI is InChI=1S/C31H37N3O4/c1-22(2)38-27-18-25(17-26(19-27)34-15-9-14-30(34)36)31(37)33-28(16-23-10-5-3-6-11-23)29(35)21-32-20-24-12-7-4-8-13-24/h3-8,10-13,17-19,22,28-29,32,35H,9,14-16,20-21H2,1-2H3,(H,33,37)/t28-,29-/m0/s1. The number of carbonyl (C=O) groups excluding carboxylic acids is 2. The van der Waals surface area contributed by atoms with Gasteiger partial charge in [0.1, 0.15) is 5.75 Å². The van der Waals surface area contributed by atoms with Crippen molar-refractivity contribution in [2.24, 2.45) is 0 Å². The van der Waals surface area contributed by atoms with Crippen LogP contribution in [0.5, 0.6) is 5.75 Å². The number of aliphatic hydroxyl groups is 1. The maximum absolute atomic E-state index is 13.5. The van der Waals surface area contributed by atoms with Crippen LogP contribution in [0.3, 0.4) is 0 Å². The average Bonchev–Trinajstić information content (AvgIpc) is 3.34. The number of amides is 2. The summed E-state index contributed by atoms with van der Waals surface area (Å²) >= 11 is 0. The lowest BCUT2D eigenvalue weighted by atomic mass is 10.00. The van der Waals surface area contributed by atoms with E-state index in [-0.39, 0.29) is 17.9 Å². The summed E-state index contributed by atoms with van der Waals surface area (Å²) in [7, 11) is 0. The molecule has 0 radical (unpaired) electrons. The highest BCUT2D eigenvalue weighted by Gasteiger charge is 2.26. The van der Waals surface area contributed by atoms with Gasteiger partial charge in [-0.1, -0.05) is 60.7 Å². The fourth-order valence-electron chi connectivity index (χ4n) is 4.64. The van der Waals surface area contributed by atoms with E-state index in [9.17, 15) is 14.7 Å². The van der Waals surface area contributed by atoms with Crippen molar-refractivity contribution in [3.05, 3.63) is 95.6 Å². The summed E-state index contributed by atoms with van der Waals surface area (Å²) in [6.45, 7) is 5.39. The number of carbonyl (C=O) groups is 2. The molecule has 0 aliphatic carbocycles. The molecule has 0 saturated carbocycles. The highest BCUT2D eigenvalue weighted by atomic mass is 16.5. The largest absolute Gasteiger partial charge is 0.491 e. The summed E-state index contributed by atoms with van der Waals surface area (Å²) in [5.74, 6) is 0.252. The number of rotatable bonds is 12. The van der Waals surface area contributed by atoms with Crippen molar-refractivity contribution in [1.82, 2.24) is 10.6 Å². The number of nitrogens with one attached hydrogen (secondary N) is 2. The third kappa shape index (κ3) is 7.66. The van der Waals surface area contributed by atoms with E-state index >= 15 is 0 Å². The molecular weight excluding hydrogens is 478 g/mol. The summed E-state index contributed by atoms with van der Waals surface area (Å²) in [6.07, 6.45) is 0.853. The Labute approximate surface area is 224 Å². The van der Waals surface area contributed by atoms with Gasteiger partial charge in [-0.25, -0.2) is 0 Å². The molecule has 3 aromatic carbocycles. The molecule has 1 fully saturated rings. The first-order valence-electron chi connectivity index (χ1n) is 13.3. The van der Waals surface area contributed by atoms with Gasteiger partial charge in [-0.2, -0.15) is 0 Å². The summed E-state index contributed by atoms with van der Waals surface area (Å²) in [5.41, 5.74) is 3.18. The lowest BCUT2D eigenvalue weighted by Crippen LogP contribution is -2.48. The Kier molecular flexibility index (Phi) is 9.51. The van der Waals surface area contributed by atoms with Gasteiger partial charge in [-0.3, -0.25) is 9.59 Å². The minimum Gasteiger partial charge on any atom is -0.491 e. The number of hydrogen-bond donors (Lipinski definition) is 3. The van der Waals surface area contributed by atoms with Crippen molar-refractivity contribution in [2.75, 3.05) is 18.0 Å². The van der Waals surface area contributed by atoms with Gasteiger partial charge >= 0.3 is 0 Å². The average molecular weight is 516 g/mol. The van der Waals surface area contributed by atoms with Crippen molar-refractivity contribution in [2.45, 2.75) is 57.9 Å². The van der Waals surface area contributed by atoms with Gasteiger partial charge in [-0.05, 0) is 49.9 Å². The quantitative estimate of drug-likeness (QED) is 0.338. The number of ether oxygens (including phenoxy) is 1. The van der Waals surface area contributed by atoms with Crippen molar-refractivity contribution in [3.8, 4) is 5.75 Å². The van der Waals surface area contributed by atoms with Crippen LogP contribution in [0, 0.1) is 0 Å². The molecule has 3 N–H and O–H groups in total. The van der Waals surface area contributed by atoms with Crippen LogP contribution < -0.4 is 20.3 Å². The second-order valence-corrected chi connectivity index (χ2v) is 9.98. The van der Waals surface area contributed by atoms with Crippen molar-refractivity contribution in [3.63, 3.8) is 0 Å². The Hall–Kier alpha value is -3.68. The van der Waals surface area contributed by atoms with Crippen LogP contribution in [-0.2, 0) is 17.8 Å². The normalized spacial score (nSPS) is 14.9. The van der Waals surface area contributed by atoms with Crippen molar-refractivity contribution < 1.29 is 19.4 Å². The topological polar surface area (TPSA) is 90.9 Å². The maximum atomic E-state index is 13.5. The zero-order valence-electron chi connectivity index (χ0n) is 22.1. The number of nitrogens with zero attached hydrogens (tertiary/aromatic N) is 1. The fraction of sp³-hybridized carbons (Fsp3) is 0.355. The number of hydrogen-bond acceptors (Lipinski definition) is 5. The first kappa shape index (κ1) is 27.4. The lowest BCUT2D eigenvalue weighted by Gasteiger charge is -2.25. The van der Waals surface area contributed by atoms with E-state index in [1.165, 1.54) is 0 Å². The molecule has 7 heteroatoms. The third-order valence-electron chi connectivity index (χ3n) is 6.52. The van der Waals surface area contributed by atoms with Gasteiger partial charge in [0.05, 0.1) is 18.2 Å². The first-order valence-corrected chi connectivity index (χ1v) is 13.3. The summed E-state index contributed by atoms with van der Waals surface area (Å²) in [6, 6.07) is 24.5. The molecule has 1 aliphatic rings. The predicted octanol–water partition coefficient (Wildman–Crippen LogP) is 4.09. The first-order chi connectivity index (χ1) is 18.4. The molecule has 1 aliphatic heterocycles. The summed E-state index contributed by atoms with van der Waals surface area (Å²) in [4.78, 5) is 27.6. The van der Waals surface area contributed by atoms with Crippen LogP contribution in [0.4, 0.5) is 5.69 Å². The van der Waals surface area contributed by atoms with E-state index in [1.807, 2.05) is 80.6 Å². The fourth-order valence-corrected chi connectivity index (χ4v) is 4.64. The van der Waals surface area contributed by atoms with E-state index < -0.39 is 12.1 Å². The number of benzene rings is 3. The molecule has 200 valence electrons. The van der Waals surface area contributed by atoms with E-state index in [0.29, 0.717) is 49.5 Å². The van der Waals surface area contributed by atoms with Gasteiger partial charge in [0.2, 0.25) is 5.91 Å². The molecule has 7 nitrogen and oxygen atoms in total. The van der Waals surface area contributed by atoms with Gasteiger partial charge in [0, 0.05) is 43.4 Å². The minimum atomic E-state index is -0.822. The molecule has 0 unspecified atom stereocenters. The SMILES string of the molecule is CC(C)Oc1cc(C(=O)N[C@@H](Cc2ccccc2)[C@@H](O)CNCc2ccccc2)cc(N2CCCC2=O)c1. The van der Waals surface area contributed by atoms with E-state index in [1.54, 1.807) is 17.0 Å². The predicted molar refractivity (Wildman–Crippen MR) is 149 cm³/mol. The van der Waals surface area contributed by atoms with E-state index in [4.69, 9.17) is 4.74 Å². The second-order valence-electron chi connectivity index (χ2n) is 9.98. The molecule has 0 bridgehead atoms. The smallest absolute Gasteiger partial charge is 0.251 e. The zero-order valence-corrected chi connectivity index (χ0v) is 22.1.